The molecule has 0 aromatic carbocycles. The van der Waals surface area contributed by atoms with Crippen molar-refractivity contribution in [2.75, 3.05) is 0 Å². The molecule has 2 aliphatic rings. The van der Waals surface area contributed by atoms with Gasteiger partial charge in [0.15, 0.2) is 0 Å². The molecule has 2 rings (SSSR count). The molecule has 0 spiro atoms. The molecule has 0 amide bonds. The summed E-state index contributed by atoms with van der Waals surface area (Å²) >= 11 is 0. The van der Waals surface area contributed by atoms with Crippen LogP contribution in [0, 0.1) is 5.92 Å². The molecule has 2 unspecified atom stereocenters. The summed E-state index contributed by atoms with van der Waals surface area (Å²) in [6.07, 6.45) is 10.6. The molecular formula is C12H23NO. The van der Waals surface area contributed by atoms with E-state index in [0.717, 1.165) is 19.3 Å². The molecule has 2 atom stereocenters. The zero-order valence-electron chi connectivity index (χ0n) is 9.04. The van der Waals surface area contributed by atoms with E-state index in [0.29, 0.717) is 5.92 Å². The number of hydrogen-bond acceptors (Lipinski definition) is 2. The van der Waals surface area contributed by atoms with Gasteiger partial charge in [0, 0.05) is 6.04 Å². The van der Waals surface area contributed by atoms with Crippen LogP contribution in [0.25, 0.3) is 0 Å². The van der Waals surface area contributed by atoms with Gasteiger partial charge in [0.25, 0.3) is 0 Å². The number of hydrogen-bond donors (Lipinski definition) is 2. The topological polar surface area (TPSA) is 46.2 Å². The van der Waals surface area contributed by atoms with E-state index in [2.05, 4.69) is 0 Å². The highest BCUT2D eigenvalue weighted by Gasteiger charge is 2.41. The molecule has 0 saturated heterocycles. The molecule has 0 radical (unpaired) electrons. The molecule has 0 aliphatic heterocycles. The van der Waals surface area contributed by atoms with E-state index in [1.54, 1.807) is 0 Å². The second-order valence-corrected chi connectivity index (χ2v) is 5.29. The van der Waals surface area contributed by atoms with Gasteiger partial charge in [-0.2, -0.15) is 0 Å². The summed E-state index contributed by atoms with van der Waals surface area (Å²) in [5.41, 5.74) is 5.50. The largest absolute Gasteiger partial charge is 0.390 e. The van der Waals surface area contributed by atoms with Crippen LogP contribution in [0.5, 0.6) is 0 Å². The Balaban J connectivity index is 1.97. The molecule has 2 aliphatic carbocycles. The molecule has 0 aromatic rings. The maximum Gasteiger partial charge on any atom is 0.0691 e. The van der Waals surface area contributed by atoms with E-state index < -0.39 is 5.60 Å². The summed E-state index contributed by atoms with van der Waals surface area (Å²) < 4.78 is 0. The highest BCUT2D eigenvalue weighted by molar-refractivity contribution is 4.96. The number of aliphatic hydroxyl groups is 1. The fourth-order valence-electron chi connectivity index (χ4n) is 3.28. The Labute approximate surface area is 86.9 Å². The first-order valence-electron chi connectivity index (χ1n) is 6.19. The number of nitrogens with two attached hydrogens (primary N) is 1. The zero-order chi connectivity index (χ0) is 10.0. The molecule has 3 N–H and O–H groups in total. The Hall–Kier alpha value is -0.0800. The van der Waals surface area contributed by atoms with Crippen molar-refractivity contribution in [1.82, 2.24) is 0 Å². The Kier molecular flexibility index (Phi) is 3.13. The summed E-state index contributed by atoms with van der Waals surface area (Å²) in [6.45, 7) is 0. The van der Waals surface area contributed by atoms with Crippen molar-refractivity contribution in [3.8, 4) is 0 Å². The first-order valence-corrected chi connectivity index (χ1v) is 6.19. The van der Waals surface area contributed by atoms with Gasteiger partial charge in [-0.1, -0.05) is 25.7 Å². The van der Waals surface area contributed by atoms with E-state index >= 15 is 0 Å². The van der Waals surface area contributed by atoms with Crippen molar-refractivity contribution < 1.29 is 5.11 Å². The molecular weight excluding hydrogens is 174 g/mol. The average molecular weight is 197 g/mol. The second kappa shape index (κ2) is 4.19. The van der Waals surface area contributed by atoms with Gasteiger partial charge in [-0.15, -0.1) is 0 Å². The van der Waals surface area contributed by atoms with Gasteiger partial charge in [-0.25, -0.2) is 0 Å². The third-order valence-electron chi connectivity index (χ3n) is 4.18. The van der Waals surface area contributed by atoms with E-state index in [4.69, 9.17) is 5.73 Å². The first-order chi connectivity index (χ1) is 6.71. The van der Waals surface area contributed by atoms with Crippen molar-refractivity contribution in [1.29, 1.82) is 0 Å². The lowest BCUT2D eigenvalue weighted by Gasteiger charge is -2.32. The highest BCUT2D eigenvalue weighted by atomic mass is 16.3. The molecule has 2 nitrogen and oxygen atoms in total. The lowest BCUT2D eigenvalue weighted by molar-refractivity contribution is -0.0194. The van der Waals surface area contributed by atoms with Crippen LogP contribution in [0.15, 0.2) is 0 Å². The van der Waals surface area contributed by atoms with Gasteiger partial charge in [-0.05, 0) is 38.0 Å². The van der Waals surface area contributed by atoms with Crippen LogP contribution in [-0.2, 0) is 0 Å². The Bertz CT molecular complexity index is 187. The summed E-state index contributed by atoms with van der Waals surface area (Å²) in [7, 11) is 0. The van der Waals surface area contributed by atoms with Crippen molar-refractivity contribution in [2.45, 2.75) is 69.4 Å². The fourth-order valence-corrected chi connectivity index (χ4v) is 3.28. The van der Waals surface area contributed by atoms with E-state index in [1.807, 2.05) is 0 Å². The van der Waals surface area contributed by atoms with E-state index in [9.17, 15) is 5.11 Å². The summed E-state index contributed by atoms with van der Waals surface area (Å²) in [5, 5.41) is 10.5. The standard InChI is InChI=1S/C12H23NO/c13-11-7-8-12(14,9-11)10-5-3-1-2-4-6-10/h10-11,14H,1-9,13H2. The lowest BCUT2D eigenvalue weighted by atomic mass is 9.80. The SMILES string of the molecule is NC1CCC(O)(C2CCCCCC2)C1. The minimum absolute atomic E-state index is 0.253. The van der Waals surface area contributed by atoms with Crippen LogP contribution in [0.3, 0.4) is 0 Å². The van der Waals surface area contributed by atoms with Crippen molar-refractivity contribution in [2.24, 2.45) is 11.7 Å². The quantitative estimate of drug-likeness (QED) is 0.633. The van der Waals surface area contributed by atoms with Crippen LogP contribution < -0.4 is 5.73 Å². The predicted octanol–water partition coefficient (Wildman–Crippen LogP) is 2.20. The molecule has 0 heterocycles. The lowest BCUT2D eigenvalue weighted by Crippen LogP contribution is -2.36. The summed E-state index contributed by atoms with van der Waals surface area (Å²) in [4.78, 5) is 0. The minimum atomic E-state index is -0.399. The first kappa shape index (κ1) is 10.4. The highest BCUT2D eigenvalue weighted by Crippen LogP contribution is 2.41. The molecule has 14 heavy (non-hydrogen) atoms. The van der Waals surface area contributed by atoms with E-state index in [-0.39, 0.29) is 6.04 Å². The summed E-state index contributed by atoms with van der Waals surface area (Å²) in [5.74, 6) is 0.540. The average Bonchev–Trinajstić information content (AvgIpc) is 2.45. The Morgan fingerprint density at radius 2 is 1.64 bits per heavy atom. The third kappa shape index (κ3) is 2.12. The van der Waals surface area contributed by atoms with Gasteiger partial charge < -0.3 is 10.8 Å². The molecule has 82 valence electrons. The summed E-state index contributed by atoms with van der Waals surface area (Å²) in [6, 6.07) is 0.253. The van der Waals surface area contributed by atoms with Gasteiger partial charge in [0.1, 0.15) is 0 Å². The predicted molar refractivity (Wildman–Crippen MR) is 58.0 cm³/mol. The maximum atomic E-state index is 10.5. The molecule has 2 heteroatoms. The van der Waals surface area contributed by atoms with Crippen LogP contribution in [-0.4, -0.2) is 16.7 Å². The monoisotopic (exact) mass is 197 g/mol. The van der Waals surface area contributed by atoms with Crippen molar-refractivity contribution in [3.63, 3.8) is 0 Å². The van der Waals surface area contributed by atoms with Gasteiger partial charge in [0.05, 0.1) is 5.60 Å². The van der Waals surface area contributed by atoms with E-state index in [1.165, 1.54) is 38.5 Å². The molecule has 2 saturated carbocycles. The van der Waals surface area contributed by atoms with Crippen molar-refractivity contribution in [3.05, 3.63) is 0 Å². The van der Waals surface area contributed by atoms with Crippen LogP contribution in [0.1, 0.15) is 57.8 Å². The maximum absolute atomic E-state index is 10.5. The zero-order valence-corrected chi connectivity index (χ0v) is 9.04. The van der Waals surface area contributed by atoms with Crippen LogP contribution in [0.2, 0.25) is 0 Å². The molecule has 2 fully saturated rings. The minimum Gasteiger partial charge on any atom is -0.390 e. The van der Waals surface area contributed by atoms with Gasteiger partial charge in [0.2, 0.25) is 0 Å². The van der Waals surface area contributed by atoms with Crippen LogP contribution in [0.4, 0.5) is 0 Å². The van der Waals surface area contributed by atoms with Gasteiger partial charge in [-0.3, -0.25) is 0 Å². The van der Waals surface area contributed by atoms with Gasteiger partial charge >= 0.3 is 0 Å². The Morgan fingerprint density at radius 1 is 1.00 bits per heavy atom. The third-order valence-corrected chi connectivity index (χ3v) is 4.18. The van der Waals surface area contributed by atoms with Crippen molar-refractivity contribution >= 4 is 0 Å². The normalized spacial score (nSPS) is 41.1. The Morgan fingerprint density at radius 3 is 2.14 bits per heavy atom. The smallest absolute Gasteiger partial charge is 0.0691 e. The fraction of sp³-hybridized carbons (Fsp3) is 1.00. The molecule has 0 aromatic heterocycles. The second-order valence-electron chi connectivity index (χ2n) is 5.29. The van der Waals surface area contributed by atoms with Crippen LogP contribution >= 0.6 is 0 Å². The molecule has 0 bridgehead atoms. The number of rotatable bonds is 1.